The van der Waals surface area contributed by atoms with Crippen LogP contribution in [-0.2, 0) is 6.42 Å². The van der Waals surface area contributed by atoms with Crippen LogP contribution in [-0.4, -0.2) is 22.9 Å². The van der Waals surface area contributed by atoms with Crippen LogP contribution in [0.3, 0.4) is 0 Å². The van der Waals surface area contributed by atoms with Gasteiger partial charge in [-0.1, -0.05) is 88.9 Å². The van der Waals surface area contributed by atoms with Gasteiger partial charge in [-0.15, -0.1) is 0 Å². The largest absolute Gasteiger partial charge is 0.269 e. The van der Waals surface area contributed by atoms with E-state index in [2.05, 4.69) is 121 Å². The van der Waals surface area contributed by atoms with Crippen LogP contribution in [0.1, 0.15) is 82.3 Å². The fraction of sp³-hybridized carbons (Fsp3) is 0.295. The predicted octanol–water partition coefficient (Wildman–Crippen LogP) is 9.06. The van der Waals surface area contributed by atoms with Crippen LogP contribution in [0.25, 0.3) is 22.3 Å². The van der Waals surface area contributed by atoms with E-state index in [1.807, 2.05) is 56.1 Å². The van der Waals surface area contributed by atoms with E-state index in [0.29, 0.717) is 0 Å². The summed E-state index contributed by atoms with van der Waals surface area (Å²) in [4.78, 5) is 13.7. The third-order valence-corrected chi connectivity index (χ3v) is 10.2. The topological polar surface area (TPSA) is 38.1 Å². The number of hydrogen-bond acceptors (Lipinski definition) is 3. The van der Waals surface area contributed by atoms with Gasteiger partial charge in [0.15, 0.2) is 0 Å². The number of hydrogen-bond donors (Lipinski definition) is 0. The standard InChI is InChI=1S/C44H50BN3/c1-12-18-46-24-32(8)41-35(11)44(31(7)23-36(41)13-2)45(42-29(5)21-27(3)39(33(42)9)37-16-14-19-47-25-37)43-30(6)22-28(4)40(34(43)10)38-17-15-20-48-26-38/h12,14-26,32H,13H2,1-11H3/b18-12-,46-24?. The lowest BCUT2D eigenvalue weighted by Gasteiger charge is -2.31. The third kappa shape index (κ3) is 6.46. The lowest BCUT2D eigenvalue weighted by Crippen LogP contribution is -2.58. The molecule has 5 rings (SSSR count). The normalized spacial score (nSPS) is 12.3. The van der Waals surface area contributed by atoms with E-state index in [0.717, 1.165) is 17.5 Å². The third-order valence-electron chi connectivity index (χ3n) is 10.2. The molecule has 0 aliphatic heterocycles. The SMILES string of the molecule is C/C=C\N=CC(C)c1c(CC)cc(C)c(B(c2c(C)cc(C)c(-c3cccnc3)c2C)c2c(C)cc(C)c(-c3cccnc3)c2C)c1C. The van der Waals surface area contributed by atoms with E-state index in [9.17, 15) is 0 Å². The highest BCUT2D eigenvalue weighted by molar-refractivity contribution is 6.97. The Balaban J connectivity index is 1.95. The van der Waals surface area contributed by atoms with E-state index in [-0.39, 0.29) is 12.6 Å². The Morgan fingerprint density at radius 1 is 0.688 bits per heavy atom. The lowest BCUT2D eigenvalue weighted by atomic mass is 9.32. The molecule has 1 unspecified atom stereocenters. The Labute approximate surface area is 289 Å². The van der Waals surface area contributed by atoms with Crippen LogP contribution in [0.2, 0.25) is 0 Å². The molecule has 0 aliphatic rings. The van der Waals surface area contributed by atoms with Crippen LogP contribution in [0.4, 0.5) is 0 Å². The second-order valence-corrected chi connectivity index (χ2v) is 13.5. The summed E-state index contributed by atoms with van der Waals surface area (Å²) in [6, 6.07) is 15.7. The Morgan fingerprint density at radius 3 is 1.60 bits per heavy atom. The summed E-state index contributed by atoms with van der Waals surface area (Å²) >= 11 is 0. The van der Waals surface area contributed by atoms with Crippen molar-refractivity contribution in [3.8, 4) is 22.3 Å². The van der Waals surface area contributed by atoms with Gasteiger partial charge in [-0.25, -0.2) is 0 Å². The molecule has 0 bridgehead atoms. The van der Waals surface area contributed by atoms with Crippen LogP contribution >= 0.6 is 0 Å². The van der Waals surface area contributed by atoms with E-state index in [1.54, 1.807) is 0 Å². The first-order valence-electron chi connectivity index (χ1n) is 17.3. The van der Waals surface area contributed by atoms with E-state index in [4.69, 9.17) is 0 Å². The monoisotopic (exact) mass is 631 g/mol. The molecule has 0 radical (unpaired) electrons. The summed E-state index contributed by atoms with van der Waals surface area (Å²) in [7, 11) is 0. The van der Waals surface area contributed by atoms with Crippen molar-refractivity contribution in [2.45, 2.75) is 88.5 Å². The van der Waals surface area contributed by atoms with Gasteiger partial charge in [0.1, 0.15) is 0 Å². The molecular weight excluding hydrogens is 581 g/mol. The fourth-order valence-electron chi connectivity index (χ4n) is 8.44. The molecule has 0 fully saturated rings. The molecule has 0 saturated carbocycles. The minimum Gasteiger partial charge on any atom is -0.269 e. The molecule has 1 atom stereocenters. The smallest absolute Gasteiger partial charge is 0.243 e. The zero-order valence-electron chi connectivity index (χ0n) is 30.8. The van der Waals surface area contributed by atoms with Crippen LogP contribution in [0.15, 0.2) is 84.5 Å². The van der Waals surface area contributed by atoms with Crippen molar-refractivity contribution in [3.05, 3.63) is 135 Å². The predicted molar refractivity (Wildman–Crippen MR) is 209 cm³/mol. The number of aliphatic imine (C=N–C) groups is 1. The van der Waals surface area contributed by atoms with Crippen molar-refractivity contribution in [1.82, 2.24) is 9.97 Å². The number of rotatable bonds is 9. The van der Waals surface area contributed by atoms with Gasteiger partial charge < -0.3 is 0 Å². The number of nitrogens with zero attached hydrogens (tertiary/aromatic N) is 3. The summed E-state index contributed by atoms with van der Waals surface area (Å²) in [5, 5.41) is 0. The van der Waals surface area contributed by atoms with Gasteiger partial charge >= 0.3 is 0 Å². The maximum absolute atomic E-state index is 4.64. The lowest BCUT2D eigenvalue weighted by molar-refractivity contribution is 0.966. The average Bonchev–Trinajstić information content (AvgIpc) is 3.04. The van der Waals surface area contributed by atoms with Crippen LogP contribution in [0, 0.1) is 55.4 Å². The summed E-state index contributed by atoms with van der Waals surface area (Å²) in [6.45, 7) is 25.0. The number of aromatic nitrogens is 2. The minimum absolute atomic E-state index is 0.0152. The second kappa shape index (κ2) is 14.7. The van der Waals surface area contributed by atoms with Gasteiger partial charge in [0.05, 0.1) is 0 Å². The number of benzene rings is 3. The van der Waals surface area contributed by atoms with Crippen molar-refractivity contribution in [2.24, 2.45) is 4.99 Å². The average molecular weight is 632 g/mol. The zero-order chi connectivity index (χ0) is 34.7. The summed E-state index contributed by atoms with van der Waals surface area (Å²) in [5.74, 6) is 0.175. The zero-order valence-corrected chi connectivity index (χ0v) is 30.8. The van der Waals surface area contributed by atoms with Gasteiger partial charge in [0, 0.05) is 54.2 Å². The van der Waals surface area contributed by atoms with Crippen molar-refractivity contribution >= 4 is 29.3 Å². The number of pyridine rings is 2. The van der Waals surface area contributed by atoms with Gasteiger partial charge in [0.25, 0.3) is 0 Å². The van der Waals surface area contributed by atoms with Gasteiger partial charge in [0.2, 0.25) is 6.71 Å². The van der Waals surface area contributed by atoms with Crippen molar-refractivity contribution in [3.63, 3.8) is 0 Å². The highest BCUT2D eigenvalue weighted by Crippen LogP contribution is 2.32. The molecule has 2 heterocycles. The Bertz CT molecular complexity index is 1910. The molecule has 0 N–H and O–H groups in total. The highest BCUT2D eigenvalue weighted by atomic mass is 14.7. The van der Waals surface area contributed by atoms with Gasteiger partial charge in [-0.05, 0) is 125 Å². The molecule has 3 aromatic carbocycles. The number of allylic oxidation sites excluding steroid dienone is 1. The molecule has 4 heteroatoms. The molecule has 48 heavy (non-hydrogen) atoms. The molecule has 0 amide bonds. The molecule has 2 aromatic heterocycles. The van der Waals surface area contributed by atoms with Crippen molar-refractivity contribution < 1.29 is 0 Å². The Morgan fingerprint density at radius 2 is 1.17 bits per heavy atom. The number of aryl methyl sites for hydroxylation is 6. The second-order valence-electron chi connectivity index (χ2n) is 13.5. The fourth-order valence-corrected chi connectivity index (χ4v) is 8.44. The maximum atomic E-state index is 4.64. The quantitative estimate of drug-likeness (QED) is 0.120. The Hall–Kier alpha value is -4.57. The van der Waals surface area contributed by atoms with Crippen molar-refractivity contribution in [2.75, 3.05) is 0 Å². The molecule has 0 saturated heterocycles. The van der Waals surface area contributed by atoms with E-state index in [1.165, 1.54) is 83.1 Å². The van der Waals surface area contributed by atoms with Gasteiger partial charge in [-0.3, -0.25) is 15.0 Å². The van der Waals surface area contributed by atoms with Crippen LogP contribution in [0.5, 0.6) is 0 Å². The first-order chi connectivity index (χ1) is 23.0. The molecule has 3 nitrogen and oxygen atoms in total. The molecular formula is C44H50BN3. The highest BCUT2D eigenvalue weighted by Gasteiger charge is 2.34. The molecule has 244 valence electrons. The van der Waals surface area contributed by atoms with Crippen molar-refractivity contribution in [1.29, 1.82) is 0 Å². The van der Waals surface area contributed by atoms with Crippen LogP contribution < -0.4 is 16.4 Å². The Kier molecular flexibility index (Phi) is 10.6. The first-order valence-corrected chi connectivity index (χ1v) is 17.3. The maximum Gasteiger partial charge on any atom is 0.243 e. The van der Waals surface area contributed by atoms with E-state index < -0.39 is 0 Å². The minimum atomic E-state index is 0.0152. The summed E-state index contributed by atoms with van der Waals surface area (Å²) in [6.07, 6.45) is 14.7. The molecule has 5 aromatic rings. The first kappa shape index (κ1) is 34.8. The van der Waals surface area contributed by atoms with Gasteiger partial charge in [-0.2, -0.15) is 0 Å². The summed E-state index contributed by atoms with van der Waals surface area (Å²) in [5.41, 5.74) is 22.3. The molecule has 0 spiro atoms. The van der Waals surface area contributed by atoms with E-state index >= 15 is 0 Å². The summed E-state index contributed by atoms with van der Waals surface area (Å²) < 4.78 is 0. The molecule has 0 aliphatic carbocycles.